The van der Waals surface area contributed by atoms with E-state index in [1.807, 2.05) is 30.3 Å². The van der Waals surface area contributed by atoms with Crippen molar-refractivity contribution < 1.29 is 23.9 Å². The van der Waals surface area contributed by atoms with Crippen LogP contribution in [0.25, 0.3) is 0 Å². The zero-order valence-electron chi connectivity index (χ0n) is 16.5. The van der Waals surface area contributed by atoms with Crippen molar-refractivity contribution in [2.24, 2.45) is 0 Å². The SMILES string of the molecule is C=C(C(=O)OC)C1(SCC(=O)OCc2ccccc2)C(=O)N(C)c2ccc(Cl)cc21. The Morgan fingerprint density at radius 2 is 1.90 bits per heavy atom. The highest BCUT2D eigenvalue weighted by Gasteiger charge is 2.55. The van der Waals surface area contributed by atoms with E-state index < -0.39 is 22.6 Å². The van der Waals surface area contributed by atoms with Crippen LogP contribution in [0.2, 0.25) is 5.02 Å². The first-order valence-corrected chi connectivity index (χ1v) is 10.4. The van der Waals surface area contributed by atoms with E-state index in [1.54, 1.807) is 25.2 Å². The molecule has 8 heteroatoms. The van der Waals surface area contributed by atoms with Crippen molar-refractivity contribution in [2.75, 3.05) is 24.8 Å². The number of thioether (sulfide) groups is 1. The average Bonchev–Trinajstić information content (AvgIpc) is 2.97. The number of benzene rings is 2. The summed E-state index contributed by atoms with van der Waals surface area (Å²) < 4.78 is 8.60. The molecule has 0 aliphatic carbocycles. The number of amides is 1. The highest BCUT2D eigenvalue weighted by Crippen LogP contribution is 2.53. The van der Waals surface area contributed by atoms with Crippen LogP contribution in [0, 0.1) is 0 Å². The van der Waals surface area contributed by atoms with Gasteiger partial charge in [-0.2, -0.15) is 0 Å². The van der Waals surface area contributed by atoms with Crippen molar-refractivity contribution in [3.8, 4) is 0 Å². The Balaban J connectivity index is 1.88. The number of anilines is 1. The van der Waals surface area contributed by atoms with Gasteiger partial charge in [-0.25, -0.2) is 4.79 Å². The van der Waals surface area contributed by atoms with Crippen LogP contribution in [0.1, 0.15) is 11.1 Å². The van der Waals surface area contributed by atoms with E-state index in [4.69, 9.17) is 21.1 Å². The number of ether oxygens (including phenoxy) is 2. The number of carbonyl (C=O) groups is 3. The summed E-state index contributed by atoms with van der Waals surface area (Å²) in [5, 5.41) is 0.395. The third-order valence-corrected chi connectivity index (χ3v) is 6.50. The van der Waals surface area contributed by atoms with Gasteiger partial charge >= 0.3 is 11.9 Å². The molecule has 6 nitrogen and oxygen atoms in total. The third kappa shape index (κ3) is 3.95. The molecule has 1 heterocycles. The Bertz CT molecular complexity index is 1010. The first-order valence-electron chi connectivity index (χ1n) is 9.00. The van der Waals surface area contributed by atoms with E-state index >= 15 is 0 Å². The molecule has 0 fully saturated rings. The highest BCUT2D eigenvalue weighted by atomic mass is 35.5. The fourth-order valence-electron chi connectivity index (χ4n) is 3.28. The van der Waals surface area contributed by atoms with Crippen LogP contribution in [0.4, 0.5) is 5.69 Å². The number of likely N-dealkylation sites (N-methyl/N-ethyl adjacent to an activating group) is 1. The first-order chi connectivity index (χ1) is 14.3. The minimum Gasteiger partial charge on any atom is -0.466 e. The maximum absolute atomic E-state index is 13.3. The topological polar surface area (TPSA) is 72.9 Å². The first kappa shape index (κ1) is 21.9. The number of fused-ring (bicyclic) bond motifs is 1. The Morgan fingerprint density at radius 1 is 1.20 bits per heavy atom. The average molecular weight is 446 g/mol. The van der Waals surface area contributed by atoms with Gasteiger partial charge in [0.1, 0.15) is 6.61 Å². The second kappa shape index (κ2) is 8.93. The van der Waals surface area contributed by atoms with Gasteiger partial charge in [-0.15, -0.1) is 11.8 Å². The Kier molecular flexibility index (Phi) is 6.53. The zero-order chi connectivity index (χ0) is 21.9. The summed E-state index contributed by atoms with van der Waals surface area (Å²) in [7, 11) is 2.80. The van der Waals surface area contributed by atoms with E-state index in [-0.39, 0.29) is 17.9 Å². The zero-order valence-corrected chi connectivity index (χ0v) is 18.1. The minimum absolute atomic E-state index is 0.0799. The summed E-state index contributed by atoms with van der Waals surface area (Å²) in [6.45, 7) is 3.94. The number of hydrogen-bond acceptors (Lipinski definition) is 6. The summed E-state index contributed by atoms with van der Waals surface area (Å²) in [6.07, 6.45) is 0. The highest BCUT2D eigenvalue weighted by molar-refractivity contribution is 8.01. The third-order valence-electron chi connectivity index (χ3n) is 4.81. The van der Waals surface area contributed by atoms with Gasteiger partial charge < -0.3 is 14.4 Å². The van der Waals surface area contributed by atoms with E-state index in [0.717, 1.165) is 17.3 Å². The van der Waals surface area contributed by atoms with Crippen molar-refractivity contribution in [1.29, 1.82) is 0 Å². The second-order valence-corrected chi connectivity index (χ2v) is 8.24. The van der Waals surface area contributed by atoms with E-state index in [9.17, 15) is 14.4 Å². The molecule has 1 amide bonds. The van der Waals surface area contributed by atoms with Gasteiger partial charge in [0.2, 0.25) is 0 Å². The molecule has 0 radical (unpaired) electrons. The quantitative estimate of drug-likeness (QED) is 0.477. The summed E-state index contributed by atoms with van der Waals surface area (Å²) in [5.41, 5.74) is 1.83. The fraction of sp³-hybridized carbons (Fsp3) is 0.227. The number of carbonyl (C=O) groups excluding carboxylic acids is 3. The van der Waals surface area contributed by atoms with Crippen molar-refractivity contribution in [2.45, 2.75) is 11.4 Å². The van der Waals surface area contributed by atoms with Crippen LogP contribution < -0.4 is 4.90 Å². The predicted molar refractivity (Wildman–Crippen MR) is 116 cm³/mol. The minimum atomic E-state index is -1.53. The Hall–Kier alpha value is -2.77. The number of esters is 2. The molecule has 2 aromatic rings. The van der Waals surface area contributed by atoms with Crippen LogP contribution in [0.3, 0.4) is 0 Å². The van der Waals surface area contributed by atoms with Crippen molar-refractivity contribution in [3.05, 3.63) is 76.8 Å². The standard InChI is InChI=1S/C22H20ClNO5S/c1-14(20(26)28-3)22(17-11-16(23)9-10-18(17)24(2)21(22)27)30-13-19(25)29-12-15-7-5-4-6-8-15/h4-11H,1,12-13H2,2-3H3. The van der Waals surface area contributed by atoms with Gasteiger partial charge in [-0.05, 0) is 23.8 Å². The molecule has 30 heavy (non-hydrogen) atoms. The van der Waals surface area contributed by atoms with Gasteiger partial charge in [-0.1, -0.05) is 48.5 Å². The van der Waals surface area contributed by atoms with Crippen LogP contribution >= 0.6 is 23.4 Å². The molecule has 1 aliphatic heterocycles. The molecule has 156 valence electrons. The van der Waals surface area contributed by atoms with Crippen LogP contribution in [0.15, 0.2) is 60.7 Å². The molecule has 0 aromatic heterocycles. The second-order valence-electron chi connectivity index (χ2n) is 6.61. The molecule has 0 bridgehead atoms. The smallest absolute Gasteiger partial charge is 0.335 e. The molecule has 1 atom stereocenters. The fourth-order valence-corrected chi connectivity index (χ4v) is 4.70. The van der Waals surface area contributed by atoms with Crippen LogP contribution in [0.5, 0.6) is 0 Å². The normalized spacial score (nSPS) is 17.4. The molecule has 3 rings (SSSR count). The van der Waals surface area contributed by atoms with Gasteiger partial charge in [0, 0.05) is 23.3 Å². The monoisotopic (exact) mass is 445 g/mol. The molecule has 0 saturated heterocycles. The lowest BCUT2D eigenvalue weighted by molar-refractivity contribution is -0.141. The Morgan fingerprint density at radius 3 is 2.57 bits per heavy atom. The summed E-state index contributed by atoms with van der Waals surface area (Å²) in [5.74, 6) is -1.84. The van der Waals surface area contributed by atoms with Crippen molar-refractivity contribution >= 4 is 46.9 Å². The Labute approximate surface area is 183 Å². The number of nitrogens with zero attached hydrogens (tertiary/aromatic N) is 1. The molecule has 0 spiro atoms. The molecular weight excluding hydrogens is 426 g/mol. The lowest BCUT2D eigenvalue weighted by atomic mass is 9.92. The lowest BCUT2D eigenvalue weighted by Crippen LogP contribution is -2.40. The maximum atomic E-state index is 13.3. The largest absolute Gasteiger partial charge is 0.466 e. The summed E-state index contributed by atoms with van der Waals surface area (Å²) in [4.78, 5) is 39.5. The van der Waals surface area contributed by atoms with E-state index in [0.29, 0.717) is 16.3 Å². The van der Waals surface area contributed by atoms with Gasteiger partial charge in [-0.3, -0.25) is 9.59 Å². The van der Waals surface area contributed by atoms with Gasteiger partial charge in [0.05, 0.1) is 18.4 Å². The molecule has 0 N–H and O–H groups in total. The number of halogens is 1. The van der Waals surface area contributed by atoms with Gasteiger partial charge in [0.15, 0.2) is 4.75 Å². The summed E-state index contributed by atoms with van der Waals surface area (Å²) in [6, 6.07) is 14.2. The number of methoxy groups -OCH3 is 1. The van der Waals surface area contributed by atoms with Crippen molar-refractivity contribution in [1.82, 2.24) is 0 Å². The molecular formula is C22H20ClNO5S. The number of rotatable bonds is 7. The maximum Gasteiger partial charge on any atom is 0.335 e. The molecule has 1 unspecified atom stereocenters. The van der Waals surface area contributed by atoms with E-state index in [2.05, 4.69) is 6.58 Å². The molecule has 1 aliphatic rings. The predicted octanol–water partition coefficient (Wildman–Crippen LogP) is 3.72. The van der Waals surface area contributed by atoms with Crippen LogP contribution in [-0.2, 0) is 35.2 Å². The van der Waals surface area contributed by atoms with Gasteiger partial charge in [0.25, 0.3) is 5.91 Å². The van der Waals surface area contributed by atoms with Crippen molar-refractivity contribution in [3.63, 3.8) is 0 Å². The lowest BCUT2D eigenvalue weighted by Gasteiger charge is -2.28. The number of hydrogen-bond donors (Lipinski definition) is 0. The molecule has 2 aromatic carbocycles. The van der Waals surface area contributed by atoms with Crippen LogP contribution in [-0.4, -0.2) is 37.8 Å². The summed E-state index contributed by atoms with van der Waals surface area (Å²) >= 11 is 7.13. The molecule has 0 saturated carbocycles. The van der Waals surface area contributed by atoms with E-state index in [1.165, 1.54) is 12.0 Å².